The monoisotopic (exact) mass is 384 g/mol. The summed E-state index contributed by atoms with van der Waals surface area (Å²) in [6.45, 7) is 2.79. The lowest BCUT2D eigenvalue weighted by molar-refractivity contribution is -0.139. The predicted molar refractivity (Wildman–Crippen MR) is 94.3 cm³/mol. The fourth-order valence-electron chi connectivity index (χ4n) is 2.85. The second-order valence-electron chi connectivity index (χ2n) is 6.19. The van der Waals surface area contributed by atoms with Gasteiger partial charge in [-0.25, -0.2) is 18.4 Å². The number of hydrogen-bond acceptors (Lipinski definition) is 6. The van der Waals surface area contributed by atoms with Gasteiger partial charge in [0.05, 0.1) is 12.0 Å². The fraction of sp³-hybridized carbons (Fsp3) is 0.529. The fourth-order valence-corrected chi connectivity index (χ4v) is 3.39. The summed E-state index contributed by atoms with van der Waals surface area (Å²) in [5, 5.41) is 5.10. The van der Waals surface area contributed by atoms with Gasteiger partial charge in [0, 0.05) is 13.1 Å². The van der Waals surface area contributed by atoms with Gasteiger partial charge in [0.2, 0.25) is 10.0 Å². The normalized spacial score (nSPS) is 16.5. The van der Waals surface area contributed by atoms with E-state index >= 15 is 0 Å². The first kappa shape index (κ1) is 20.2. The van der Waals surface area contributed by atoms with Crippen molar-refractivity contribution in [2.45, 2.75) is 43.6 Å². The van der Waals surface area contributed by atoms with E-state index in [0.29, 0.717) is 13.1 Å². The van der Waals surface area contributed by atoms with Crippen LogP contribution in [0.25, 0.3) is 0 Å². The summed E-state index contributed by atoms with van der Waals surface area (Å²) in [5.74, 6) is -0.971. The summed E-state index contributed by atoms with van der Waals surface area (Å²) in [6, 6.07) is 3.63. The predicted octanol–water partition coefficient (Wildman–Crippen LogP) is 1.29. The van der Waals surface area contributed by atoms with E-state index in [0.717, 1.165) is 31.7 Å². The second-order valence-corrected chi connectivity index (χ2v) is 7.76. The Balaban J connectivity index is 2.16. The summed E-state index contributed by atoms with van der Waals surface area (Å²) in [4.78, 5) is 26.4. The highest BCUT2D eigenvalue weighted by Gasteiger charge is 2.26. The first-order chi connectivity index (χ1) is 12.2. The molecule has 1 heterocycles. The van der Waals surface area contributed by atoms with E-state index in [4.69, 9.17) is 14.6 Å². The summed E-state index contributed by atoms with van der Waals surface area (Å²) in [6.07, 6.45) is 3.03. The largest absolute Gasteiger partial charge is 0.496 e. The van der Waals surface area contributed by atoms with Gasteiger partial charge in [-0.2, -0.15) is 0 Å². The number of benzene rings is 1. The van der Waals surface area contributed by atoms with Crippen molar-refractivity contribution >= 4 is 21.9 Å². The quantitative estimate of drug-likeness (QED) is 0.765. The summed E-state index contributed by atoms with van der Waals surface area (Å²) in [7, 11) is -2.65. The minimum absolute atomic E-state index is 0.102. The molecule has 1 fully saturated rings. The zero-order chi connectivity index (χ0) is 19.3. The van der Waals surface area contributed by atoms with Crippen molar-refractivity contribution in [2.24, 2.45) is 5.14 Å². The van der Waals surface area contributed by atoms with E-state index < -0.39 is 22.1 Å². The van der Waals surface area contributed by atoms with Crippen LogP contribution in [0.4, 0.5) is 0 Å². The molecular formula is C17H24N2O6S. The van der Waals surface area contributed by atoms with E-state index in [1.807, 2.05) is 0 Å². The number of esters is 1. The minimum Gasteiger partial charge on any atom is -0.496 e. The van der Waals surface area contributed by atoms with Crippen LogP contribution in [-0.2, 0) is 19.6 Å². The number of methoxy groups -OCH3 is 1. The van der Waals surface area contributed by atoms with Gasteiger partial charge < -0.3 is 14.4 Å². The number of nitrogens with two attached hydrogens (primary N) is 1. The molecule has 1 amide bonds. The molecular weight excluding hydrogens is 360 g/mol. The molecule has 0 aliphatic carbocycles. The van der Waals surface area contributed by atoms with Gasteiger partial charge >= 0.3 is 5.97 Å². The van der Waals surface area contributed by atoms with Gasteiger partial charge in [0.25, 0.3) is 5.91 Å². The van der Waals surface area contributed by atoms with Crippen LogP contribution in [0.3, 0.4) is 0 Å². The average molecular weight is 384 g/mol. The lowest BCUT2D eigenvalue weighted by Gasteiger charge is -2.24. The molecule has 0 bridgehead atoms. The number of likely N-dealkylation sites (tertiary alicyclic amines) is 1. The number of carbonyl (C=O) groups is 2. The Labute approximate surface area is 153 Å². The van der Waals surface area contributed by atoms with E-state index in [1.165, 1.54) is 26.2 Å². The van der Waals surface area contributed by atoms with Crippen LogP contribution in [0.5, 0.6) is 5.75 Å². The molecule has 0 aromatic heterocycles. The van der Waals surface area contributed by atoms with Crippen molar-refractivity contribution in [3.05, 3.63) is 23.8 Å². The number of nitrogens with zero attached hydrogens (tertiary/aromatic N) is 1. The Bertz CT molecular complexity index is 769. The SMILES string of the molecule is COc1ccc(S(N)(=O)=O)cc1C(=O)O[C@H](C)C(=O)N1CCCCCC1. The molecule has 2 rings (SSSR count). The van der Waals surface area contributed by atoms with E-state index in [2.05, 4.69) is 0 Å². The topological polar surface area (TPSA) is 116 Å². The molecule has 0 saturated carbocycles. The number of carbonyl (C=O) groups excluding carboxylic acids is 2. The second kappa shape index (κ2) is 8.50. The molecule has 0 radical (unpaired) electrons. The van der Waals surface area contributed by atoms with E-state index in [9.17, 15) is 18.0 Å². The third-order valence-corrected chi connectivity index (χ3v) is 5.18. The number of hydrogen-bond donors (Lipinski definition) is 1. The zero-order valence-electron chi connectivity index (χ0n) is 14.9. The van der Waals surface area contributed by atoms with Gasteiger partial charge in [-0.3, -0.25) is 4.79 Å². The molecule has 1 aromatic carbocycles. The molecule has 1 aliphatic rings. The van der Waals surface area contributed by atoms with Crippen molar-refractivity contribution in [3.8, 4) is 5.75 Å². The van der Waals surface area contributed by atoms with Crippen LogP contribution in [-0.4, -0.2) is 51.5 Å². The van der Waals surface area contributed by atoms with Crippen LogP contribution >= 0.6 is 0 Å². The Kier molecular flexibility index (Phi) is 6.60. The van der Waals surface area contributed by atoms with Gasteiger partial charge in [-0.1, -0.05) is 12.8 Å². The number of sulfonamides is 1. The Morgan fingerprint density at radius 2 is 1.77 bits per heavy atom. The molecule has 1 aliphatic heterocycles. The van der Waals surface area contributed by atoms with Crippen molar-refractivity contribution in [1.29, 1.82) is 0 Å². The van der Waals surface area contributed by atoms with Crippen molar-refractivity contribution in [1.82, 2.24) is 4.90 Å². The maximum absolute atomic E-state index is 12.5. The number of rotatable bonds is 5. The number of primary sulfonamides is 1. The maximum Gasteiger partial charge on any atom is 0.342 e. The molecule has 0 spiro atoms. The molecule has 9 heteroatoms. The first-order valence-electron chi connectivity index (χ1n) is 8.44. The number of ether oxygens (including phenoxy) is 2. The van der Waals surface area contributed by atoms with Crippen molar-refractivity contribution in [3.63, 3.8) is 0 Å². The molecule has 26 heavy (non-hydrogen) atoms. The summed E-state index contributed by atoms with van der Waals surface area (Å²) < 4.78 is 33.3. The average Bonchev–Trinajstić information content (AvgIpc) is 2.88. The molecule has 1 aromatic rings. The van der Waals surface area contributed by atoms with Gasteiger partial charge in [-0.15, -0.1) is 0 Å². The van der Waals surface area contributed by atoms with Crippen LogP contribution in [0.1, 0.15) is 43.0 Å². The lowest BCUT2D eigenvalue weighted by atomic mass is 10.2. The maximum atomic E-state index is 12.5. The Hall–Kier alpha value is -2.13. The molecule has 2 N–H and O–H groups in total. The van der Waals surface area contributed by atoms with E-state index in [1.54, 1.807) is 4.90 Å². The summed E-state index contributed by atoms with van der Waals surface area (Å²) >= 11 is 0. The highest BCUT2D eigenvalue weighted by Crippen LogP contribution is 2.23. The molecule has 1 atom stereocenters. The van der Waals surface area contributed by atoms with Crippen LogP contribution in [0.2, 0.25) is 0 Å². The van der Waals surface area contributed by atoms with Gasteiger partial charge in [-0.05, 0) is 38.0 Å². The lowest BCUT2D eigenvalue weighted by Crippen LogP contribution is -2.40. The highest BCUT2D eigenvalue weighted by atomic mass is 32.2. The standard InChI is InChI=1S/C17H24N2O6S/c1-12(16(20)19-9-5-3-4-6-10-19)25-17(21)14-11-13(26(18,22)23)7-8-15(14)24-2/h7-8,11-12H,3-6,9-10H2,1-2H3,(H2,18,22,23)/t12-/m1/s1. The van der Waals surface area contributed by atoms with Crippen LogP contribution in [0, 0.1) is 0 Å². The van der Waals surface area contributed by atoms with Gasteiger partial charge in [0.15, 0.2) is 6.10 Å². The van der Waals surface area contributed by atoms with Crippen molar-refractivity contribution < 1.29 is 27.5 Å². The van der Waals surface area contributed by atoms with E-state index in [-0.39, 0.29) is 22.1 Å². The van der Waals surface area contributed by atoms with Crippen LogP contribution in [0.15, 0.2) is 23.1 Å². The Morgan fingerprint density at radius 3 is 2.31 bits per heavy atom. The molecule has 1 saturated heterocycles. The molecule has 144 valence electrons. The highest BCUT2D eigenvalue weighted by molar-refractivity contribution is 7.89. The van der Waals surface area contributed by atoms with Gasteiger partial charge in [0.1, 0.15) is 11.3 Å². The summed E-state index contributed by atoms with van der Waals surface area (Å²) in [5.41, 5.74) is -0.102. The molecule has 0 unspecified atom stereocenters. The van der Waals surface area contributed by atoms with Crippen LogP contribution < -0.4 is 9.88 Å². The number of amides is 1. The third-order valence-electron chi connectivity index (χ3n) is 4.27. The smallest absolute Gasteiger partial charge is 0.342 e. The zero-order valence-corrected chi connectivity index (χ0v) is 15.8. The third kappa shape index (κ3) is 4.95. The Morgan fingerprint density at radius 1 is 1.15 bits per heavy atom. The molecule has 8 nitrogen and oxygen atoms in total. The minimum atomic E-state index is -3.99. The van der Waals surface area contributed by atoms with Crippen molar-refractivity contribution in [2.75, 3.05) is 20.2 Å². The first-order valence-corrected chi connectivity index (χ1v) is 9.99.